The largest absolute Gasteiger partial charge is 0.481 e. The molecule has 0 aliphatic carbocycles. The Morgan fingerprint density at radius 1 is 1.15 bits per heavy atom. The molecule has 0 spiro atoms. The Morgan fingerprint density at radius 2 is 1.70 bits per heavy atom. The van der Waals surface area contributed by atoms with Crippen molar-refractivity contribution in [2.24, 2.45) is 11.8 Å². The first-order valence-electron chi connectivity index (χ1n) is 9.10. The van der Waals surface area contributed by atoms with Crippen molar-refractivity contribution in [1.29, 1.82) is 0 Å². The van der Waals surface area contributed by atoms with E-state index < -0.39 is 35.8 Å². The van der Waals surface area contributed by atoms with E-state index in [0.717, 1.165) is 0 Å². The van der Waals surface area contributed by atoms with Crippen molar-refractivity contribution < 1.29 is 38.3 Å². The number of aliphatic carboxylic acids is 1. The van der Waals surface area contributed by atoms with Gasteiger partial charge in [0.2, 0.25) is 0 Å². The predicted molar refractivity (Wildman–Crippen MR) is 95.0 cm³/mol. The van der Waals surface area contributed by atoms with Crippen molar-refractivity contribution in [3.63, 3.8) is 0 Å². The fraction of sp³-hybridized carbons (Fsp3) is 0.778. The van der Waals surface area contributed by atoms with Gasteiger partial charge in [0.15, 0.2) is 0 Å². The number of carbonyl (C=O) groups excluding carboxylic acids is 3. The van der Waals surface area contributed by atoms with Crippen molar-refractivity contribution in [3.8, 4) is 0 Å². The fourth-order valence-electron chi connectivity index (χ4n) is 2.89. The maximum absolute atomic E-state index is 12.1. The van der Waals surface area contributed by atoms with Crippen molar-refractivity contribution in [1.82, 2.24) is 5.06 Å². The number of carboxylic acids is 1. The number of likely N-dealkylation sites (N-methyl/N-ethyl adjacent to an activating group) is 1. The first-order chi connectivity index (χ1) is 12.4. The third-order valence-electron chi connectivity index (χ3n) is 4.12. The lowest BCUT2D eigenvalue weighted by Gasteiger charge is -2.29. The van der Waals surface area contributed by atoms with Crippen molar-refractivity contribution in [3.05, 3.63) is 0 Å². The summed E-state index contributed by atoms with van der Waals surface area (Å²) < 4.78 is 6.35. The summed E-state index contributed by atoms with van der Waals surface area (Å²) in [6.45, 7) is 4.40. The van der Waals surface area contributed by atoms with Crippen LogP contribution in [0, 0.1) is 11.8 Å². The Balaban J connectivity index is 2.47. The summed E-state index contributed by atoms with van der Waals surface area (Å²) in [7, 11) is 5.88. The Hall–Kier alpha value is -2.00. The van der Waals surface area contributed by atoms with Crippen LogP contribution in [0.15, 0.2) is 0 Å². The van der Waals surface area contributed by atoms with Crippen LogP contribution in [0.2, 0.25) is 0 Å². The summed E-state index contributed by atoms with van der Waals surface area (Å²) in [5.41, 5.74) is 0. The number of nitrogens with zero attached hydrogens (tertiary/aromatic N) is 2. The van der Waals surface area contributed by atoms with Crippen molar-refractivity contribution in [2.75, 3.05) is 34.3 Å². The van der Waals surface area contributed by atoms with Gasteiger partial charge in [0.25, 0.3) is 11.8 Å². The molecule has 0 aromatic carbocycles. The molecule has 0 aromatic rings. The molecule has 1 N–H and O–H groups in total. The lowest BCUT2D eigenvalue weighted by Crippen LogP contribution is -2.43. The number of carbonyl (C=O) groups is 4. The van der Waals surface area contributed by atoms with E-state index >= 15 is 0 Å². The molecule has 0 bridgehead atoms. The van der Waals surface area contributed by atoms with E-state index in [1.54, 1.807) is 6.92 Å². The molecule has 1 heterocycles. The van der Waals surface area contributed by atoms with Gasteiger partial charge < -0.3 is 19.2 Å². The minimum absolute atomic E-state index is 0.0266. The summed E-state index contributed by atoms with van der Waals surface area (Å²) in [5.74, 6) is -3.12. The van der Waals surface area contributed by atoms with Crippen LogP contribution < -0.4 is 0 Å². The van der Waals surface area contributed by atoms with E-state index in [1.807, 2.05) is 28.1 Å². The molecule has 9 nitrogen and oxygen atoms in total. The van der Waals surface area contributed by atoms with Crippen molar-refractivity contribution in [2.45, 2.75) is 45.6 Å². The highest BCUT2D eigenvalue weighted by Crippen LogP contribution is 2.19. The normalized spacial score (nSPS) is 18.3. The number of amides is 2. The van der Waals surface area contributed by atoms with Crippen molar-refractivity contribution >= 4 is 23.8 Å². The van der Waals surface area contributed by atoms with Gasteiger partial charge in [-0.05, 0) is 12.3 Å². The van der Waals surface area contributed by atoms with E-state index in [1.165, 1.54) is 0 Å². The summed E-state index contributed by atoms with van der Waals surface area (Å²) in [6.07, 6.45) is 0.0365. The van der Waals surface area contributed by atoms with Crippen LogP contribution in [0.1, 0.15) is 39.5 Å². The molecule has 0 radical (unpaired) electrons. The monoisotopic (exact) mass is 387 g/mol. The molecule has 1 fully saturated rings. The Bertz CT molecular complexity index is 555. The summed E-state index contributed by atoms with van der Waals surface area (Å²) in [6, 6.07) is 0. The predicted octanol–water partition coefficient (Wildman–Crippen LogP) is 0.822. The van der Waals surface area contributed by atoms with Gasteiger partial charge in [-0.2, -0.15) is 0 Å². The lowest BCUT2D eigenvalue weighted by molar-refractivity contribution is -0.873. The standard InChI is InChI=1S/C18H30N2O7/c1-12(11-26-14(9-17(23)24)10-20(3,4)5)8-13(2)18(25)27-19-15(21)6-7-16(19)22/h12-14H,6-11H2,1-5H3/p+1. The highest BCUT2D eigenvalue weighted by atomic mass is 16.7. The molecule has 2 amide bonds. The molecule has 3 atom stereocenters. The second kappa shape index (κ2) is 9.80. The quantitative estimate of drug-likeness (QED) is 0.413. The van der Waals surface area contributed by atoms with Crippen LogP contribution in [-0.2, 0) is 28.8 Å². The Morgan fingerprint density at radius 3 is 2.19 bits per heavy atom. The van der Waals surface area contributed by atoms with Gasteiger partial charge in [0, 0.05) is 19.4 Å². The minimum Gasteiger partial charge on any atom is -0.481 e. The van der Waals surface area contributed by atoms with E-state index in [0.29, 0.717) is 29.1 Å². The Kier molecular flexibility index (Phi) is 8.36. The molecular weight excluding hydrogens is 356 g/mol. The van der Waals surface area contributed by atoms with Gasteiger partial charge in [0.1, 0.15) is 12.6 Å². The highest BCUT2D eigenvalue weighted by Gasteiger charge is 2.34. The summed E-state index contributed by atoms with van der Waals surface area (Å²) >= 11 is 0. The number of imide groups is 1. The van der Waals surface area contributed by atoms with Crippen LogP contribution >= 0.6 is 0 Å². The van der Waals surface area contributed by atoms with Crippen LogP contribution in [0.4, 0.5) is 0 Å². The molecule has 1 aliphatic rings. The molecule has 9 heteroatoms. The molecule has 1 rings (SSSR count). The second-order valence-corrected chi connectivity index (χ2v) is 8.26. The van der Waals surface area contributed by atoms with E-state index in [2.05, 4.69) is 0 Å². The molecule has 0 saturated carbocycles. The minimum atomic E-state index is -0.919. The zero-order valence-corrected chi connectivity index (χ0v) is 16.8. The molecule has 3 unspecified atom stereocenters. The average molecular weight is 387 g/mol. The van der Waals surface area contributed by atoms with Crippen LogP contribution in [0.5, 0.6) is 0 Å². The van der Waals surface area contributed by atoms with Gasteiger partial charge in [0.05, 0.1) is 33.5 Å². The number of hydrogen-bond acceptors (Lipinski definition) is 6. The second-order valence-electron chi connectivity index (χ2n) is 8.26. The fourth-order valence-corrected chi connectivity index (χ4v) is 2.89. The number of hydroxylamine groups is 2. The lowest BCUT2D eigenvalue weighted by atomic mass is 9.98. The molecule has 1 saturated heterocycles. The topological polar surface area (TPSA) is 110 Å². The zero-order chi connectivity index (χ0) is 20.8. The maximum Gasteiger partial charge on any atom is 0.335 e. The third-order valence-corrected chi connectivity index (χ3v) is 4.12. The summed E-state index contributed by atoms with van der Waals surface area (Å²) in [4.78, 5) is 51.0. The molecule has 0 aromatic heterocycles. The highest BCUT2D eigenvalue weighted by molar-refractivity contribution is 6.01. The van der Waals surface area contributed by atoms with Gasteiger partial charge in [-0.1, -0.05) is 13.8 Å². The molecule has 1 aliphatic heterocycles. The van der Waals surface area contributed by atoms with Crippen LogP contribution in [0.25, 0.3) is 0 Å². The molecule has 27 heavy (non-hydrogen) atoms. The Labute approximate surface area is 159 Å². The first-order valence-corrected chi connectivity index (χ1v) is 9.10. The number of quaternary nitrogens is 1. The first kappa shape index (κ1) is 23.0. The van der Waals surface area contributed by atoms with Gasteiger partial charge in [-0.15, -0.1) is 5.06 Å². The van der Waals surface area contributed by atoms with Gasteiger partial charge >= 0.3 is 11.9 Å². The molecule has 154 valence electrons. The van der Waals surface area contributed by atoms with E-state index in [4.69, 9.17) is 14.7 Å². The third kappa shape index (κ3) is 8.49. The zero-order valence-electron chi connectivity index (χ0n) is 16.8. The number of rotatable bonds is 11. The maximum atomic E-state index is 12.1. The average Bonchev–Trinajstić information content (AvgIpc) is 2.82. The van der Waals surface area contributed by atoms with E-state index in [-0.39, 0.29) is 25.2 Å². The SMILES string of the molecule is CC(COC(CC(=O)O)C[N+](C)(C)C)CC(C)C(=O)ON1C(=O)CCC1=O. The molecular formula is C18H31N2O7+. The van der Waals surface area contributed by atoms with Crippen LogP contribution in [-0.4, -0.2) is 78.8 Å². The number of carboxylic acid groups (broad SMARTS) is 1. The smallest absolute Gasteiger partial charge is 0.335 e. The summed E-state index contributed by atoms with van der Waals surface area (Å²) in [5, 5.41) is 9.58. The number of hydrogen-bond donors (Lipinski definition) is 1. The van der Waals surface area contributed by atoms with Gasteiger partial charge in [-0.25, -0.2) is 4.79 Å². The van der Waals surface area contributed by atoms with Crippen LogP contribution in [0.3, 0.4) is 0 Å². The number of ether oxygens (including phenoxy) is 1. The van der Waals surface area contributed by atoms with Gasteiger partial charge in [-0.3, -0.25) is 14.4 Å². The van der Waals surface area contributed by atoms with E-state index in [9.17, 15) is 19.2 Å².